The second kappa shape index (κ2) is 7.10. The predicted octanol–water partition coefficient (Wildman–Crippen LogP) is 0.846. The van der Waals surface area contributed by atoms with Crippen molar-refractivity contribution in [3.8, 4) is 0 Å². The quantitative estimate of drug-likeness (QED) is 0.784. The molecule has 0 aliphatic heterocycles. The number of ether oxygens (including phenoxy) is 1. The fraction of sp³-hybridized carbons (Fsp3) is 0.643. The van der Waals surface area contributed by atoms with Gasteiger partial charge >= 0.3 is 5.97 Å². The summed E-state index contributed by atoms with van der Waals surface area (Å²) >= 11 is 0. The maximum absolute atomic E-state index is 12.0. The lowest BCUT2D eigenvalue weighted by Gasteiger charge is -2.24. The first-order valence-electron chi connectivity index (χ1n) is 7.32. The zero-order valence-corrected chi connectivity index (χ0v) is 12.2. The van der Waals surface area contributed by atoms with Gasteiger partial charge in [-0.15, -0.1) is 0 Å². The third-order valence-corrected chi connectivity index (χ3v) is 3.57. The molecule has 1 amide bonds. The lowest BCUT2D eigenvalue weighted by molar-refractivity contribution is -0.155. The smallest absolute Gasteiger partial charge is 0.328 e. The van der Waals surface area contributed by atoms with E-state index in [2.05, 4.69) is 10.4 Å². The molecule has 2 rings (SSSR count). The molecule has 0 aromatic carbocycles. The van der Waals surface area contributed by atoms with Gasteiger partial charge in [0.1, 0.15) is 6.54 Å². The molecule has 3 N–H and O–H groups in total. The Morgan fingerprint density at radius 1 is 1.48 bits per heavy atom. The van der Waals surface area contributed by atoms with Crippen LogP contribution in [0.5, 0.6) is 0 Å². The summed E-state index contributed by atoms with van der Waals surface area (Å²) in [6.45, 7) is 1.52. The van der Waals surface area contributed by atoms with Gasteiger partial charge in [0, 0.05) is 12.2 Å². The van der Waals surface area contributed by atoms with Gasteiger partial charge in [-0.05, 0) is 19.8 Å². The average molecular weight is 294 g/mol. The summed E-state index contributed by atoms with van der Waals surface area (Å²) in [5.74, 6) is -0.750. The molecule has 0 bridgehead atoms. The van der Waals surface area contributed by atoms with Gasteiger partial charge in [-0.25, -0.2) is 0 Å². The van der Waals surface area contributed by atoms with E-state index in [9.17, 15) is 9.59 Å². The Hall–Kier alpha value is -2.05. The highest BCUT2D eigenvalue weighted by molar-refractivity contribution is 5.83. The average Bonchev–Trinajstić information content (AvgIpc) is 2.84. The van der Waals surface area contributed by atoms with E-state index in [0.717, 1.165) is 25.7 Å². The summed E-state index contributed by atoms with van der Waals surface area (Å²) in [6, 6.07) is 0.207. The number of nitrogen functional groups attached to an aromatic ring is 1. The molecule has 0 saturated heterocycles. The van der Waals surface area contributed by atoms with Crippen molar-refractivity contribution in [2.45, 2.75) is 57.7 Å². The third kappa shape index (κ3) is 4.77. The van der Waals surface area contributed by atoms with E-state index in [1.165, 1.54) is 23.5 Å². The number of amides is 1. The number of anilines is 1. The summed E-state index contributed by atoms with van der Waals surface area (Å²) in [4.78, 5) is 23.7. The van der Waals surface area contributed by atoms with E-state index in [4.69, 9.17) is 10.5 Å². The standard InChI is InChI=1S/C14H22N4O3/c1-10(14(20)17-12-5-3-2-4-6-12)21-13(19)9-18-8-11(15)7-16-18/h7-8,10,12H,2-6,9,15H2,1H3,(H,17,20). The van der Waals surface area contributed by atoms with Gasteiger partial charge in [0.15, 0.2) is 6.10 Å². The molecule has 1 aliphatic carbocycles. The van der Waals surface area contributed by atoms with Crippen LogP contribution in [0.2, 0.25) is 0 Å². The van der Waals surface area contributed by atoms with Crippen LogP contribution >= 0.6 is 0 Å². The van der Waals surface area contributed by atoms with Gasteiger partial charge in [0.2, 0.25) is 0 Å². The molecule has 1 atom stereocenters. The summed E-state index contributed by atoms with van der Waals surface area (Å²) in [5, 5.41) is 6.83. The number of nitrogens with two attached hydrogens (primary N) is 1. The minimum Gasteiger partial charge on any atom is -0.451 e. The van der Waals surface area contributed by atoms with Crippen molar-refractivity contribution in [2.24, 2.45) is 0 Å². The maximum atomic E-state index is 12.0. The van der Waals surface area contributed by atoms with Crippen LogP contribution in [-0.4, -0.2) is 33.8 Å². The second-order valence-electron chi connectivity index (χ2n) is 5.45. The van der Waals surface area contributed by atoms with E-state index in [-0.39, 0.29) is 18.5 Å². The number of rotatable bonds is 5. The number of hydrogen-bond donors (Lipinski definition) is 2. The molecule has 1 unspecified atom stereocenters. The molecule has 116 valence electrons. The molecule has 0 radical (unpaired) electrons. The molecule has 21 heavy (non-hydrogen) atoms. The predicted molar refractivity (Wildman–Crippen MR) is 77.2 cm³/mol. The minimum atomic E-state index is -0.799. The number of carbonyl (C=O) groups excluding carboxylic acids is 2. The van der Waals surface area contributed by atoms with Crippen LogP contribution in [0.15, 0.2) is 12.4 Å². The first kappa shape index (κ1) is 15.3. The molecule has 0 spiro atoms. The second-order valence-corrected chi connectivity index (χ2v) is 5.45. The fourth-order valence-corrected chi connectivity index (χ4v) is 2.45. The zero-order valence-electron chi connectivity index (χ0n) is 12.2. The van der Waals surface area contributed by atoms with Crippen molar-refractivity contribution < 1.29 is 14.3 Å². The van der Waals surface area contributed by atoms with Crippen LogP contribution in [0.4, 0.5) is 5.69 Å². The summed E-state index contributed by atoms with van der Waals surface area (Å²) in [6.07, 6.45) is 7.69. The largest absolute Gasteiger partial charge is 0.451 e. The molecule has 7 heteroatoms. The maximum Gasteiger partial charge on any atom is 0.328 e. The number of aromatic nitrogens is 2. The minimum absolute atomic E-state index is 0.0573. The number of nitrogens with zero attached hydrogens (tertiary/aromatic N) is 2. The molecule has 1 saturated carbocycles. The number of carbonyl (C=O) groups is 2. The van der Waals surface area contributed by atoms with E-state index < -0.39 is 12.1 Å². The highest BCUT2D eigenvalue weighted by Crippen LogP contribution is 2.17. The van der Waals surface area contributed by atoms with Gasteiger partial charge in [-0.1, -0.05) is 19.3 Å². The molecular weight excluding hydrogens is 272 g/mol. The van der Waals surface area contributed by atoms with Crippen molar-refractivity contribution >= 4 is 17.6 Å². The Bertz CT molecular complexity index is 494. The van der Waals surface area contributed by atoms with Crippen molar-refractivity contribution in [2.75, 3.05) is 5.73 Å². The molecular formula is C14H22N4O3. The van der Waals surface area contributed by atoms with E-state index in [1.807, 2.05) is 0 Å². The van der Waals surface area contributed by atoms with Gasteiger partial charge in [0.25, 0.3) is 5.91 Å². The van der Waals surface area contributed by atoms with Crippen LogP contribution in [0, 0.1) is 0 Å². The molecule has 1 fully saturated rings. The molecule has 1 heterocycles. The van der Waals surface area contributed by atoms with Gasteiger partial charge in [-0.2, -0.15) is 5.10 Å². The Morgan fingerprint density at radius 2 is 2.19 bits per heavy atom. The van der Waals surface area contributed by atoms with Gasteiger partial charge < -0.3 is 15.8 Å². The fourth-order valence-electron chi connectivity index (χ4n) is 2.45. The van der Waals surface area contributed by atoms with Gasteiger partial charge in [0.05, 0.1) is 11.9 Å². The summed E-state index contributed by atoms with van der Waals surface area (Å²) in [5.41, 5.74) is 5.99. The van der Waals surface area contributed by atoms with Crippen LogP contribution in [-0.2, 0) is 20.9 Å². The number of nitrogens with one attached hydrogen (secondary N) is 1. The lowest BCUT2D eigenvalue weighted by atomic mass is 9.95. The summed E-state index contributed by atoms with van der Waals surface area (Å²) < 4.78 is 6.49. The van der Waals surface area contributed by atoms with Crippen molar-refractivity contribution in [3.63, 3.8) is 0 Å². The van der Waals surface area contributed by atoms with Crippen molar-refractivity contribution in [1.29, 1.82) is 0 Å². The molecule has 1 aliphatic rings. The van der Waals surface area contributed by atoms with Gasteiger partial charge in [-0.3, -0.25) is 14.3 Å². The van der Waals surface area contributed by atoms with E-state index in [0.29, 0.717) is 5.69 Å². The molecule has 7 nitrogen and oxygen atoms in total. The van der Waals surface area contributed by atoms with Crippen molar-refractivity contribution in [1.82, 2.24) is 15.1 Å². The van der Waals surface area contributed by atoms with Crippen LogP contribution < -0.4 is 11.1 Å². The normalized spacial score (nSPS) is 17.2. The summed E-state index contributed by atoms with van der Waals surface area (Å²) in [7, 11) is 0. The van der Waals surface area contributed by atoms with Crippen molar-refractivity contribution in [3.05, 3.63) is 12.4 Å². The monoisotopic (exact) mass is 294 g/mol. The van der Waals surface area contributed by atoms with E-state index in [1.54, 1.807) is 6.92 Å². The van der Waals surface area contributed by atoms with Crippen LogP contribution in [0.3, 0.4) is 0 Å². The highest BCUT2D eigenvalue weighted by Gasteiger charge is 2.22. The zero-order chi connectivity index (χ0) is 15.2. The van der Waals surface area contributed by atoms with Crippen LogP contribution in [0.25, 0.3) is 0 Å². The first-order chi connectivity index (χ1) is 10.0. The Labute approximate surface area is 123 Å². The topological polar surface area (TPSA) is 99.2 Å². The van der Waals surface area contributed by atoms with E-state index >= 15 is 0 Å². The SMILES string of the molecule is CC(OC(=O)Cn1cc(N)cn1)C(=O)NC1CCCCC1. The Kier molecular flexibility index (Phi) is 5.19. The third-order valence-electron chi connectivity index (χ3n) is 3.57. The Balaban J connectivity index is 1.75. The lowest BCUT2D eigenvalue weighted by Crippen LogP contribution is -2.43. The van der Waals surface area contributed by atoms with Crippen LogP contribution in [0.1, 0.15) is 39.0 Å². The molecule has 1 aromatic heterocycles. The molecule has 1 aromatic rings. The first-order valence-corrected chi connectivity index (χ1v) is 7.32. The number of hydrogen-bond acceptors (Lipinski definition) is 5. The highest BCUT2D eigenvalue weighted by atomic mass is 16.5. The Morgan fingerprint density at radius 3 is 2.81 bits per heavy atom. The number of esters is 1.